The fourth-order valence-electron chi connectivity index (χ4n) is 2.13. The Morgan fingerprint density at radius 2 is 1.69 bits per heavy atom. The molecule has 2 aromatic carbocycles. The van der Waals surface area contributed by atoms with Gasteiger partial charge in [-0.1, -0.05) is 47.4 Å². The summed E-state index contributed by atoms with van der Waals surface area (Å²) >= 11 is 4.56. The van der Waals surface area contributed by atoms with Gasteiger partial charge >= 0.3 is 0 Å². The van der Waals surface area contributed by atoms with Gasteiger partial charge in [0, 0.05) is 17.1 Å². The topological polar surface area (TPSA) is 54.9 Å². The third-order valence-electron chi connectivity index (χ3n) is 3.43. The molecule has 0 aliphatic heterocycles. The van der Waals surface area contributed by atoms with E-state index in [-0.39, 0.29) is 11.7 Å². The number of hydrogen-bond donors (Lipinski definition) is 1. The van der Waals surface area contributed by atoms with Crippen LogP contribution in [0.3, 0.4) is 0 Å². The minimum Gasteiger partial charge on any atom is -0.296 e. The summed E-state index contributed by atoms with van der Waals surface area (Å²) in [6.45, 7) is 0. The highest BCUT2D eigenvalue weighted by molar-refractivity contribution is 8.00. The van der Waals surface area contributed by atoms with Crippen LogP contribution in [0.4, 0.5) is 9.52 Å². The van der Waals surface area contributed by atoms with Gasteiger partial charge in [0.15, 0.2) is 4.34 Å². The van der Waals surface area contributed by atoms with Gasteiger partial charge in [0.2, 0.25) is 5.13 Å². The molecule has 1 heterocycles. The quantitative estimate of drug-likeness (QED) is 0.439. The van der Waals surface area contributed by atoms with Crippen LogP contribution in [-0.2, 0) is 11.5 Å². The smallest absolute Gasteiger partial charge is 0.257 e. The van der Waals surface area contributed by atoms with E-state index in [1.165, 1.54) is 40.8 Å². The number of nitrogens with one attached hydrogen (secondary N) is 1. The van der Waals surface area contributed by atoms with E-state index in [4.69, 9.17) is 0 Å². The van der Waals surface area contributed by atoms with Crippen LogP contribution in [0.5, 0.6) is 0 Å². The average molecular weight is 406 g/mol. The third-order valence-corrected chi connectivity index (χ3v) is 6.09. The van der Waals surface area contributed by atoms with Crippen LogP contribution >= 0.6 is 34.9 Å². The lowest BCUT2D eigenvalue weighted by atomic mass is 10.1. The number of nitrogens with zero attached hydrogens (tertiary/aromatic N) is 2. The first-order valence-electron chi connectivity index (χ1n) is 7.74. The number of halogens is 1. The minimum atomic E-state index is -0.249. The summed E-state index contributed by atoms with van der Waals surface area (Å²) < 4.78 is 13.7. The highest BCUT2D eigenvalue weighted by Gasteiger charge is 2.11. The zero-order chi connectivity index (χ0) is 18.4. The maximum atomic E-state index is 12.9. The van der Waals surface area contributed by atoms with Gasteiger partial charge in [0.25, 0.3) is 5.91 Å². The second-order valence-electron chi connectivity index (χ2n) is 5.37. The van der Waals surface area contributed by atoms with E-state index in [9.17, 15) is 9.18 Å². The maximum Gasteiger partial charge on any atom is 0.257 e. The number of benzene rings is 2. The molecule has 0 saturated carbocycles. The van der Waals surface area contributed by atoms with Crippen molar-refractivity contribution in [1.82, 2.24) is 10.2 Å². The summed E-state index contributed by atoms with van der Waals surface area (Å²) in [6.07, 6.45) is 2.04. The third kappa shape index (κ3) is 5.30. The van der Waals surface area contributed by atoms with Gasteiger partial charge in [-0.15, -0.1) is 10.2 Å². The van der Waals surface area contributed by atoms with Crippen molar-refractivity contribution < 1.29 is 9.18 Å². The fraction of sp³-hybridized carbons (Fsp3) is 0.167. The Morgan fingerprint density at radius 1 is 1.04 bits per heavy atom. The summed E-state index contributed by atoms with van der Waals surface area (Å²) in [5.41, 5.74) is 2.78. The van der Waals surface area contributed by atoms with E-state index in [1.54, 1.807) is 23.9 Å². The first-order valence-corrected chi connectivity index (χ1v) is 10.9. The predicted molar refractivity (Wildman–Crippen MR) is 107 cm³/mol. The number of carbonyl (C=O) groups excluding carboxylic acids is 1. The molecule has 26 heavy (non-hydrogen) atoms. The molecule has 0 bridgehead atoms. The molecular formula is C18H16FN3OS3. The average Bonchev–Trinajstić information content (AvgIpc) is 3.09. The van der Waals surface area contributed by atoms with E-state index >= 15 is 0 Å². The number of anilines is 1. The van der Waals surface area contributed by atoms with E-state index in [0.29, 0.717) is 16.4 Å². The van der Waals surface area contributed by atoms with Crippen molar-refractivity contribution in [3.63, 3.8) is 0 Å². The van der Waals surface area contributed by atoms with Crippen molar-refractivity contribution in [2.24, 2.45) is 0 Å². The molecule has 0 aliphatic rings. The lowest BCUT2D eigenvalue weighted by Gasteiger charge is -2.03. The molecule has 0 saturated heterocycles. The molecule has 0 unspecified atom stereocenters. The Morgan fingerprint density at radius 3 is 2.38 bits per heavy atom. The Balaban J connectivity index is 1.55. The summed E-state index contributed by atoms with van der Waals surface area (Å²) in [4.78, 5) is 12.3. The van der Waals surface area contributed by atoms with Gasteiger partial charge in [-0.25, -0.2) is 4.39 Å². The first-order chi connectivity index (χ1) is 12.6. The van der Waals surface area contributed by atoms with Gasteiger partial charge in [0.05, 0.1) is 0 Å². The predicted octanol–water partition coefficient (Wildman–Crippen LogP) is 5.08. The van der Waals surface area contributed by atoms with E-state index in [0.717, 1.165) is 15.7 Å². The first kappa shape index (κ1) is 18.9. The number of aromatic nitrogens is 2. The highest BCUT2D eigenvalue weighted by Crippen LogP contribution is 2.28. The van der Waals surface area contributed by atoms with E-state index in [2.05, 4.69) is 15.5 Å². The minimum absolute atomic E-state index is 0.202. The van der Waals surface area contributed by atoms with Crippen LogP contribution < -0.4 is 5.32 Å². The highest BCUT2D eigenvalue weighted by atomic mass is 32.2. The van der Waals surface area contributed by atoms with Crippen molar-refractivity contribution in [3.8, 4) is 0 Å². The SMILES string of the molecule is CSCc1ccc(C(=O)Nc2nnc(SCc3ccc(F)cc3)s2)cc1. The molecule has 3 rings (SSSR count). The Labute approximate surface area is 163 Å². The summed E-state index contributed by atoms with van der Waals surface area (Å²) in [6, 6.07) is 13.9. The second-order valence-corrected chi connectivity index (χ2v) is 8.44. The lowest BCUT2D eigenvalue weighted by Crippen LogP contribution is -2.11. The van der Waals surface area contributed by atoms with Crippen LogP contribution in [0, 0.1) is 5.82 Å². The number of carbonyl (C=O) groups is 1. The summed E-state index contributed by atoms with van der Waals surface area (Å²) in [5, 5.41) is 11.3. The van der Waals surface area contributed by atoms with Crippen LogP contribution in [0.25, 0.3) is 0 Å². The van der Waals surface area contributed by atoms with Gasteiger partial charge in [0.1, 0.15) is 5.82 Å². The molecular weight excluding hydrogens is 389 g/mol. The van der Waals surface area contributed by atoms with Gasteiger partial charge in [-0.05, 0) is 41.6 Å². The normalized spacial score (nSPS) is 10.7. The largest absolute Gasteiger partial charge is 0.296 e. The van der Waals surface area contributed by atoms with Crippen molar-refractivity contribution in [2.45, 2.75) is 15.8 Å². The number of thioether (sulfide) groups is 2. The molecule has 0 atom stereocenters. The molecule has 0 fully saturated rings. The Hall–Kier alpha value is -1.90. The molecule has 1 N–H and O–H groups in total. The Bertz CT molecular complexity index is 866. The fourth-order valence-corrected chi connectivity index (χ4v) is 4.36. The molecule has 1 amide bonds. The standard InChI is InChI=1S/C18H16FN3OS3/c1-24-10-12-2-6-14(7-3-12)16(23)20-17-21-22-18(26-17)25-11-13-4-8-15(19)9-5-13/h2-9H,10-11H2,1H3,(H,20,21,23). The van der Waals surface area contributed by atoms with Crippen molar-refractivity contribution in [1.29, 1.82) is 0 Å². The van der Waals surface area contributed by atoms with Crippen LogP contribution in [-0.4, -0.2) is 22.4 Å². The molecule has 134 valence electrons. The van der Waals surface area contributed by atoms with Crippen molar-refractivity contribution in [3.05, 3.63) is 71.0 Å². The molecule has 3 aromatic rings. The zero-order valence-corrected chi connectivity index (χ0v) is 16.4. The molecule has 4 nitrogen and oxygen atoms in total. The maximum absolute atomic E-state index is 12.9. The summed E-state index contributed by atoms with van der Waals surface area (Å²) in [7, 11) is 0. The second kappa shape index (κ2) is 9.16. The number of rotatable bonds is 7. The molecule has 0 radical (unpaired) electrons. The monoisotopic (exact) mass is 405 g/mol. The molecule has 1 aromatic heterocycles. The Kier molecular flexibility index (Phi) is 6.65. The van der Waals surface area contributed by atoms with Gasteiger partial charge in [-0.2, -0.15) is 11.8 Å². The van der Waals surface area contributed by atoms with Crippen LogP contribution in [0.2, 0.25) is 0 Å². The van der Waals surface area contributed by atoms with Crippen LogP contribution in [0.1, 0.15) is 21.5 Å². The van der Waals surface area contributed by atoms with Crippen LogP contribution in [0.15, 0.2) is 52.9 Å². The lowest BCUT2D eigenvalue weighted by molar-refractivity contribution is 0.102. The van der Waals surface area contributed by atoms with E-state index < -0.39 is 0 Å². The van der Waals surface area contributed by atoms with Gasteiger partial charge in [-0.3, -0.25) is 10.1 Å². The van der Waals surface area contributed by atoms with Crippen molar-refractivity contribution >= 4 is 45.9 Å². The number of hydrogen-bond acceptors (Lipinski definition) is 6. The van der Waals surface area contributed by atoms with Gasteiger partial charge < -0.3 is 0 Å². The number of amides is 1. The molecule has 8 heteroatoms. The molecule has 0 spiro atoms. The van der Waals surface area contributed by atoms with E-state index in [1.807, 2.05) is 30.5 Å². The summed E-state index contributed by atoms with van der Waals surface area (Å²) in [5.74, 6) is 1.14. The van der Waals surface area contributed by atoms with Crippen molar-refractivity contribution in [2.75, 3.05) is 11.6 Å². The zero-order valence-electron chi connectivity index (χ0n) is 13.9. The molecule has 0 aliphatic carbocycles.